The van der Waals surface area contributed by atoms with Crippen LogP contribution in [0.5, 0.6) is 0 Å². The number of rotatable bonds is 4. The summed E-state index contributed by atoms with van der Waals surface area (Å²) in [6, 6.07) is 10.0. The second-order valence-electron chi connectivity index (χ2n) is 7.10. The molecule has 5 heteroatoms. The van der Waals surface area contributed by atoms with E-state index in [9.17, 15) is 9.90 Å². The van der Waals surface area contributed by atoms with Gasteiger partial charge in [-0.25, -0.2) is 0 Å². The third-order valence-corrected chi connectivity index (χ3v) is 5.44. The minimum atomic E-state index is -0.175. The molecule has 1 unspecified atom stereocenters. The van der Waals surface area contributed by atoms with Gasteiger partial charge >= 0.3 is 0 Å². The third-order valence-electron chi connectivity index (χ3n) is 5.44. The van der Waals surface area contributed by atoms with Crippen molar-refractivity contribution in [1.82, 2.24) is 14.7 Å². The van der Waals surface area contributed by atoms with Gasteiger partial charge in [0.1, 0.15) is 6.04 Å². The van der Waals surface area contributed by atoms with Crippen molar-refractivity contribution in [3.63, 3.8) is 0 Å². The molecule has 2 heterocycles. The highest BCUT2D eigenvalue weighted by Gasteiger charge is 2.34. The fourth-order valence-corrected chi connectivity index (χ4v) is 3.73. The Morgan fingerprint density at radius 2 is 1.71 bits per heavy atom. The Labute approximate surface area is 144 Å². The molecule has 2 fully saturated rings. The number of benzene rings is 1. The topological polar surface area (TPSA) is 47.0 Å². The first-order valence-electron chi connectivity index (χ1n) is 9.06. The molecule has 0 radical (unpaired) electrons. The van der Waals surface area contributed by atoms with Crippen LogP contribution in [0.4, 0.5) is 0 Å². The van der Waals surface area contributed by atoms with Crippen molar-refractivity contribution in [2.75, 3.05) is 52.9 Å². The molecule has 1 amide bonds. The third kappa shape index (κ3) is 3.97. The first-order valence-corrected chi connectivity index (χ1v) is 9.06. The molecule has 0 bridgehead atoms. The number of hydrogen-bond donors (Lipinski definition) is 1. The summed E-state index contributed by atoms with van der Waals surface area (Å²) < 4.78 is 0. The lowest BCUT2D eigenvalue weighted by molar-refractivity contribution is -0.139. The molecule has 5 nitrogen and oxygen atoms in total. The van der Waals surface area contributed by atoms with Crippen molar-refractivity contribution in [1.29, 1.82) is 0 Å². The molecule has 132 valence electrons. The number of amides is 1. The van der Waals surface area contributed by atoms with E-state index in [0.717, 1.165) is 57.7 Å². The molecule has 24 heavy (non-hydrogen) atoms. The van der Waals surface area contributed by atoms with Crippen molar-refractivity contribution in [3.05, 3.63) is 35.9 Å². The Bertz CT molecular complexity index is 521. The second-order valence-corrected chi connectivity index (χ2v) is 7.10. The maximum Gasteiger partial charge on any atom is 0.244 e. The summed E-state index contributed by atoms with van der Waals surface area (Å²) in [6.45, 7) is 5.63. The molecule has 1 atom stereocenters. The summed E-state index contributed by atoms with van der Waals surface area (Å²) in [5.74, 6) is 0.579. The Kier molecular flexibility index (Phi) is 5.87. The number of likely N-dealkylation sites (tertiary alicyclic amines) is 1. The average molecular weight is 331 g/mol. The molecular weight excluding hydrogens is 302 g/mol. The van der Waals surface area contributed by atoms with E-state index in [0.29, 0.717) is 5.92 Å². The van der Waals surface area contributed by atoms with Gasteiger partial charge in [0.05, 0.1) is 0 Å². The number of aliphatic hydroxyl groups is 1. The summed E-state index contributed by atoms with van der Waals surface area (Å²) in [4.78, 5) is 19.9. The molecule has 2 aliphatic heterocycles. The van der Waals surface area contributed by atoms with Crippen LogP contribution in [0.1, 0.15) is 24.4 Å². The lowest BCUT2D eigenvalue weighted by Crippen LogP contribution is -2.51. The lowest BCUT2D eigenvalue weighted by Gasteiger charge is -2.41. The quantitative estimate of drug-likeness (QED) is 0.901. The van der Waals surface area contributed by atoms with Gasteiger partial charge in [0.2, 0.25) is 5.91 Å². The average Bonchev–Trinajstić information content (AvgIpc) is 2.64. The van der Waals surface area contributed by atoms with Crippen molar-refractivity contribution in [2.45, 2.75) is 18.9 Å². The van der Waals surface area contributed by atoms with Gasteiger partial charge < -0.3 is 14.9 Å². The van der Waals surface area contributed by atoms with Crippen molar-refractivity contribution >= 4 is 5.91 Å². The van der Waals surface area contributed by atoms with Gasteiger partial charge in [0.15, 0.2) is 0 Å². The van der Waals surface area contributed by atoms with Crippen LogP contribution in [0.15, 0.2) is 30.3 Å². The Morgan fingerprint density at radius 3 is 2.29 bits per heavy atom. The van der Waals surface area contributed by atoms with Crippen molar-refractivity contribution in [3.8, 4) is 0 Å². The highest BCUT2D eigenvalue weighted by Crippen LogP contribution is 2.27. The number of piperazine rings is 1. The fourth-order valence-electron chi connectivity index (χ4n) is 3.73. The van der Waals surface area contributed by atoms with Crippen LogP contribution in [-0.4, -0.2) is 78.6 Å². The zero-order valence-corrected chi connectivity index (χ0v) is 14.6. The van der Waals surface area contributed by atoms with Crippen LogP contribution >= 0.6 is 0 Å². The minimum Gasteiger partial charge on any atom is -0.396 e. The maximum absolute atomic E-state index is 13.3. The molecule has 1 N–H and O–H groups in total. The van der Waals surface area contributed by atoms with E-state index >= 15 is 0 Å². The van der Waals surface area contributed by atoms with Crippen molar-refractivity contribution < 1.29 is 9.90 Å². The largest absolute Gasteiger partial charge is 0.396 e. The zero-order chi connectivity index (χ0) is 16.9. The molecule has 0 saturated carbocycles. The van der Waals surface area contributed by atoms with Crippen LogP contribution in [0.25, 0.3) is 0 Å². The van der Waals surface area contributed by atoms with Crippen LogP contribution in [-0.2, 0) is 4.79 Å². The molecular formula is C19H29N3O2. The monoisotopic (exact) mass is 331 g/mol. The van der Waals surface area contributed by atoms with Gasteiger partial charge in [0.25, 0.3) is 0 Å². The van der Waals surface area contributed by atoms with Gasteiger partial charge in [-0.15, -0.1) is 0 Å². The molecule has 2 saturated heterocycles. The van der Waals surface area contributed by atoms with Crippen LogP contribution in [0, 0.1) is 5.92 Å². The van der Waals surface area contributed by atoms with Crippen LogP contribution in [0.2, 0.25) is 0 Å². The lowest BCUT2D eigenvalue weighted by atomic mass is 9.96. The number of carbonyl (C=O) groups excluding carboxylic acids is 1. The standard InChI is InChI=1S/C19H29N3O2/c1-20-11-13-21(14-12-20)18(17-5-3-2-4-6-17)19(24)22-9-7-16(15-23)8-10-22/h2-6,16,18,23H,7-15H2,1H3. The van der Waals surface area contributed by atoms with E-state index in [1.54, 1.807) is 0 Å². The SMILES string of the molecule is CN1CCN(C(C(=O)N2CCC(CO)CC2)c2ccccc2)CC1. The predicted octanol–water partition coefficient (Wildman–Crippen LogP) is 1.21. The maximum atomic E-state index is 13.3. The molecule has 0 aliphatic carbocycles. The van der Waals surface area contributed by atoms with E-state index in [-0.39, 0.29) is 18.6 Å². The van der Waals surface area contributed by atoms with Gasteiger partial charge in [-0.2, -0.15) is 0 Å². The van der Waals surface area contributed by atoms with Gasteiger partial charge in [-0.1, -0.05) is 30.3 Å². The highest BCUT2D eigenvalue weighted by molar-refractivity contribution is 5.83. The van der Waals surface area contributed by atoms with Gasteiger partial charge in [-0.05, 0) is 31.4 Å². The number of nitrogens with zero attached hydrogens (tertiary/aromatic N) is 3. The first kappa shape index (κ1) is 17.4. The van der Waals surface area contributed by atoms with Gasteiger partial charge in [0, 0.05) is 45.9 Å². The zero-order valence-electron chi connectivity index (χ0n) is 14.6. The summed E-state index contributed by atoms with van der Waals surface area (Å²) in [6.07, 6.45) is 1.82. The second kappa shape index (κ2) is 8.10. The van der Waals surface area contributed by atoms with E-state index < -0.39 is 0 Å². The Hall–Kier alpha value is -1.43. The minimum absolute atomic E-state index is 0.175. The molecule has 0 spiro atoms. The number of piperidine rings is 1. The first-order chi connectivity index (χ1) is 11.7. The van der Waals surface area contributed by atoms with Gasteiger partial charge in [-0.3, -0.25) is 9.69 Å². The highest BCUT2D eigenvalue weighted by atomic mass is 16.3. The number of aliphatic hydroxyl groups excluding tert-OH is 1. The summed E-state index contributed by atoms with van der Waals surface area (Å²) >= 11 is 0. The predicted molar refractivity (Wildman–Crippen MR) is 94.6 cm³/mol. The normalized spacial score (nSPS) is 22.5. The molecule has 1 aromatic carbocycles. The van der Waals surface area contributed by atoms with E-state index in [2.05, 4.69) is 29.0 Å². The summed E-state index contributed by atoms with van der Waals surface area (Å²) in [7, 11) is 2.14. The van der Waals surface area contributed by atoms with Crippen molar-refractivity contribution in [2.24, 2.45) is 5.92 Å². The Balaban J connectivity index is 1.76. The summed E-state index contributed by atoms with van der Waals surface area (Å²) in [5.41, 5.74) is 1.09. The number of carbonyl (C=O) groups is 1. The summed E-state index contributed by atoms with van der Waals surface area (Å²) in [5, 5.41) is 9.32. The van der Waals surface area contributed by atoms with Crippen LogP contribution in [0.3, 0.4) is 0 Å². The molecule has 2 aliphatic rings. The molecule has 0 aromatic heterocycles. The number of hydrogen-bond acceptors (Lipinski definition) is 4. The Morgan fingerprint density at radius 1 is 1.08 bits per heavy atom. The van der Waals surface area contributed by atoms with E-state index in [1.165, 1.54) is 0 Å². The van der Waals surface area contributed by atoms with E-state index in [4.69, 9.17) is 0 Å². The molecule has 3 rings (SSSR count). The molecule has 1 aromatic rings. The fraction of sp³-hybridized carbons (Fsp3) is 0.632. The van der Waals surface area contributed by atoms with Crippen LogP contribution < -0.4 is 0 Å². The smallest absolute Gasteiger partial charge is 0.244 e. The van der Waals surface area contributed by atoms with E-state index in [1.807, 2.05) is 23.1 Å². The number of likely N-dealkylation sites (N-methyl/N-ethyl adjacent to an activating group) is 1.